The molecule has 1 heteroatoms. The van der Waals surface area contributed by atoms with Gasteiger partial charge in [-0.05, 0) is 49.3 Å². The summed E-state index contributed by atoms with van der Waals surface area (Å²) >= 11 is 0. The maximum Gasteiger partial charge on any atom is 0.0507 e. The van der Waals surface area contributed by atoms with Crippen LogP contribution in [0, 0.1) is 5.92 Å². The van der Waals surface area contributed by atoms with Crippen molar-refractivity contribution in [1.29, 1.82) is 0 Å². The Morgan fingerprint density at radius 1 is 1.35 bits per heavy atom. The van der Waals surface area contributed by atoms with Gasteiger partial charge in [0.2, 0.25) is 0 Å². The Kier molecular flexibility index (Phi) is 5.05. The molecule has 1 aliphatic heterocycles. The highest BCUT2D eigenvalue weighted by molar-refractivity contribution is 5.57. The van der Waals surface area contributed by atoms with Crippen LogP contribution in [0.25, 0.3) is 0 Å². The Hall–Kier alpha value is -1.50. The molecule has 1 aliphatic rings. The van der Waals surface area contributed by atoms with Gasteiger partial charge in [-0.2, -0.15) is 0 Å². The summed E-state index contributed by atoms with van der Waals surface area (Å²) in [7, 11) is 0. The minimum Gasteiger partial charge on any atom is -0.378 e. The molecule has 0 saturated heterocycles. The largest absolute Gasteiger partial charge is 0.378 e. The lowest BCUT2D eigenvalue weighted by Gasteiger charge is -2.29. The predicted molar refractivity (Wildman–Crippen MR) is 89.4 cm³/mol. The highest BCUT2D eigenvalue weighted by Gasteiger charge is 2.21. The second-order valence-electron chi connectivity index (χ2n) is 6.02. The Balaban J connectivity index is 2.40. The number of allylic oxidation sites excluding steroid dienone is 1. The third-order valence-corrected chi connectivity index (χ3v) is 4.28. The van der Waals surface area contributed by atoms with E-state index in [1.807, 2.05) is 0 Å². The lowest BCUT2D eigenvalue weighted by atomic mass is 9.86. The fraction of sp³-hybridized carbons (Fsp3) is 0.474. The summed E-state index contributed by atoms with van der Waals surface area (Å²) in [6, 6.07) is 7.04. The second-order valence-corrected chi connectivity index (χ2v) is 6.02. The Labute approximate surface area is 123 Å². The van der Waals surface area contributed by atoms with Crippen LogP contribution in [-0.2, 0) is 6.42 Å². The molecule has 0 bridgehead atoms. The van der Waals surface area contributed by atoms with Gasteiger partial charge in [0, 0.05) is 11.6 Å². The van der Waals surface area contributed by atoms with E-state index < -0.39 is 0 Å². The number of hydrogen-bond donors (Lipinski definition) is 1. The Bertz CT molecular complexity index is 485. The molecular formula is C19H27N. The van der Waals surface area contributed by atoms with Crippen molar-refractivity contribution in [2.24, 2.45) is 5.92 Å². The topological polar surface area (TPSA) is 12.0 Å². The van der Waals surface area contributed by atoms with Crippen LogP contribution < -0.4 is 5.32 Å². The maximum absolute atomic E-state index is 4.02. The SMILES string of the molecule is C=CC1CCCc2c(cccc2C(C)C)NC1/C=C\C. The van der Waals surface area contributed by atoms with Gasteiger partial charge in [0.15, 0.2) is 0 Å². The van der Waals surface area contributed by atoms with Crippen molar-refractivity contribution in [3.8, 4) is 0 Å². The van der Waals surface area contributed by atoms with Crippen molar-refractivity contribution < 1.29 is 0 Å². The lowest BCUT2D eigenvalue weighted by Crippen LogP contribution is -2.28. The first-order valence-corrected chi connectivity index (χ1v) is 7.81. The first-order valence-electron chi connectivity index (χ1n) is 7.81. The normalized spacial score (nSPS) is 23.0. The fourth-order valence-electron chi connectivity index (χ4n) is 3.20. The van der Waals surface area contributed by atoms with Gasteiger partial charge in [0.05, 0.1) is 6.04 Å². The average molecular weight is 269 g/mol. The number of hydrogen-bond acceptors (Lipinski definition) is 1. The maximum atomic E-state index is 4.02. The molecule has 1 N–H and O–H groups in total. The van der Waals surface area contributed by atoms with Crippen molar-refractivity contribution in [1.82, 2.24) is 0 Å². The van der Waals surface area contributed by atoms with Gasteiger partial charge >= 0.3 is 0 Å². The van der Waals surface area contributed by atoms with E-state index in [0.717, 1.165) is 0 Å². The van der Waals surface area contributed by atoms with E-state index in [-0.39, 0.29) is 0 Å². The van der Waals surface area contributed by atoms with Crippen molar-refractivity contribution >= 4 is 5.69 Å². The minimum absolute atomic E-state index is 0.360. The van der Waals surface area contributed by atoms with E-state index in [9.17, 15) is 0 Å². The first-order chi connectivity index (χ1) is 9.67. The molecule has 2 rings (SSSR count). The van der Waals surface area contributed by atoms with Crippen molar-refractivity contribution in [2.75, 3.05) is 5.32 Å². The Morgan fingerprint density at radius 3 is 2.80 bits per heavy atom. The molecule has 0 aromatic heterocycles. The monoisotopic (exact) mass is 269 g/mol. The first kappa shape index (κ1) is 14.9. The van der Waals surface area contributed by atoms with Gasteiger partial charge < -0.3 is 5.32 Å². The molecule has 2 atom stereocenters. The van der Waals surface area contributed by atoms with E-state index in [0.29, 0.717) is 17.9 Å². The van der Waals surface area contributed by atoms with Crippen LogP contribution in [0.4, 0.5) is 5.69 Å². The summed E-state index contributed by atoms with van der Waals surface area (Å²) in [4.78, 5) is 0. The van der Waals surface area contributed by atoms with Gasteiger partial charge in [-0.1, -0.05) is 44.2 Å². The Morgan fingerprint density at radius 2 is 2.15 bits per heavy atom. The van der Waals surface area contributed by atoms with Crippen LogP contribution in [-0.4, -0.2) is 6.04 Å². The molecule has 0 amide bonds. The minimum atomic E-state index is 0.360. The molecule has 1 aromatic rings. The van der Waals surface area contributed by atoms with Crippen LogP contribution in [0.2, 0.25) is 0 Å². The van der Waals surface area contributed by atoms with Gasteiger partial charge in [-0.15, -0.1) is 6.58 Å². The highest BCUT2D eigenvalue weighted by Crippen LogP contribution is 2.32. The summed E-state index contributed by atoms with van der Waals surface area (Å²) in [6.45, 7) is 10.7. The zero-order valence-corrected chi connectivity index (χ0v) is 13.0. The number of nitrogens with one attached hydrogen (secondary N) is 1. The number of rotatable bonds is 3. The molecule has 0 radical (unpaired) electrons. The zero-order valence-electron chi connectivity index (χ0n) is 13.0. The molecule has 0 aliphatic carbocycles. The number of benzene rings is 1. The summed E-state index contributed by atoms with van der Waals surface area (Å²) in [6.07, 6.45) is 10.1. The zero-order chi connectivity index (χ0) is 14.5. The molecule has 1 aromatic carbocycles. The summed E-state index contributed by atoms with van der Waals surface area (Å²) in [5.74, 6) is 1.10. The summed E-state index contributed by atoms with van der Waals surface area (Å²) < 4.78 is 0. The standard InChI is InChI=1S/C19H27N/c1-5-9-18-15(6-2)10-7-12-17-16(14(3)4)11-8-13-19(17)20-18/h5-6,8-9,11,13-15,18,20H,2,7,10,12H2,1,3-4H3/b9-5-. The third-order valence-electron chi connectivity index (χ3n) is 4.28. The molecule has 108 valence electrons. The lowest BCUT2D eigenvalue weighted by molar-refractivity contribution is 0.521. The van der Waals surface area contributed by atoms with Crippen molar-refractivity contribution in [2.45, 2.75) is 52.0 Å². The van der Waals surface area contributed by atoms with Crippen molar-refractivity contribution in [3.05, 3.63) is 54.1 Å². The van der Waals surface area contributed by atoms with Crippen LogP contribution in [0.1, 0.15) is 50.7 Å². The van der Waals surface area contributed by atoms with Gasteiger partial charge in [-0.25, -0.2) is 0 Å². The molecule has 0 spiro atoms. The summed E-state index contributed by atoms with van der Waals surface area (Å²) in [5, 5.41) is 3.74. The quantitative estimate of drug-likeness (QED) is 0.734. The molecule has 1 nitrogen and oxygen atoms in total. The van der Waals surface area contributed by atoms with E-state index in [1.54, 1.807) is 0 Å². The van der Waals surface area contributed by atoms with Gasteiger partial charge in [0.1, 0.15) is 0 Å². The van der Waals surface area contributed by atoms with E-state index in [4.69, 9.17) is 0 Å². The van der Waals surface area contributed by atoms with E-state index >= 15 is 0 Å². The third kappa shape index (κ3) is 3.15. The van der Waals surface area contributed by atoms with E-state index in [1.165, 1.54) is 36.1 Å². The highest BCUT2D eigenvalue weighted by atomic mass is 14.9. The van der Waals surface area contributed by atoms with Crippen LogP contribution in [0.3, 0.4) is 0 Å². The summed E-state index contributed by atoms with van der Waals surface area (Å²) in [5.41, 5.74) is 4.32. The second kappa shape index (κ2) is 6.78. The molecule has 1 heterocycles. The molecule has 0 saturated carbocycles. The predicted octanol–water partition coefficient (Wildman–Crippen LogP) is 5.31. The average Bonchev–Trinajstić information content (AvgIpc) is 2.41. The molecule has 0 fully saturated rings. The molecular weight excluding hydrogens is 242 g/mol. The van der Waals surface area contributed by atoms with Crippen LogP contribution in [0.15, 0.2) is 43.0 Å². The van der Waals surface area contributed by atoms with Crippen LogP contribution in [0.5, 0.6) is 0 Å². The smallest absolute Gasteiger partial charge is 0.0507 e. The van der Waals surface area contributed by atoms with Crippen LogP contribution >= 0.6 is 0 Å². The van der Waals surface area contributed by atoms with Crippen molar-refractivity contribution in [3.63, 3.8) is 0 Å². The fourth-order valence-corrected chi connectivity index (χ4v) is 3.20. The number of anilines is 1. The molecule has 2 unspecified atom stereocenters. The van der Waals surface area contributed by atoms with E-state index in [2.05, 4.69) is 69.1 Å². The van der Waals surface area contributed by atoms with Gasteiger partial charge in [0.25, 0.3) is 0 Å². The number of fused-ring (bicyclic) bond motifs is 1. The molecule has 20 heavy (non-hydrogen) atoms. The van der Waals surface area contributed by atoms with Gasteiger partial charge in [-0.3, -0.25) is 0 Å².